The lowest BCUT2D eigenvalue weighted by Crippen LogP contribution is -2.23. The Kier molecular flexibility index (Phi) is 5.20. The Morgan fingerprint density at radius 3 is 2.81 bits per heavy atom. The monoisotopic (exact) mass is 347 g/mol. The number of fused-ring (bicyclic) bond motifs is 1. The standard InChI is InChI=1S/C20H17N3O3/c21-19(24)16-5-1-2-6-18(16)26-12-4-3-10-23-20(25)15-8-7-14-9-11-22-17(14)13-15/h1-2,5-9,11,13,22H,10,12H2,(H2,21,24)(H,23,25). The van der Waals surface area contributed by atoms with Crippen molar-refractivity contribution in [3.8, 4) is 17.6 Å². The summed E-state index contributed by atoms with van der Waals surface area (Å²) >= 11 is 0. The van der Waals surface area contributed by atoms with Crippen LogP contribution in [0.2, 0.25) is 0 Å². The fraction of sp³-hybridized carbons (Fsp3) is 0.100. The maximum atomic E-state index is 12.1. The summed E-state index contributed by atoms with van der Waals surface area (Å²) in [4.78, 5) is 26.5. The van der Waals surface area contributed by atoms with Gasteiger partial charge < -0.3 is 20.8 Å². The van der Waals surface area contributed by atoms with Crippen molar-refractivity contribution in [2.75, 3.05) is 13.2 Å². The maximum Gasteiger partial charge on any atom is 0.252 e. The maximum absolute atomic E-state index is 12.1. The number of primary amides is 1. The topological polar surface area (TPSA) is 97.2 Å². The number of nitrogens with one attached hydrogen (secondary N) is 2. The van der Waals surface area contributed by atoms with E-state index in [9.17, 15) is 9.59 Å². The fourth-order valence-electron chi connectivity index (χ4n) is 2.44. The van der Waals surface area contributed by atoms with E-state index in [0.717, 1.165) is 10.9 Å². The number of rotatable bonds is 5. The van der Waals surface area contributed by atoms with E-state index in [2.05, 4.69) is 22.1 Å². The van der Waals surface area contributed by atoms with Crippen LogP contribution in [-0.2, 0) is 0 Å². The minimum absolute atomic E-state index is 0.0919. The van der Waals surface area contributed by atoms with E-state index in [1.807, 2.05) is 18.3 Å². The second kappa shape index (κ2) is 7.90. The molecule has 0 aliphatic carbocycles. The molecule has 0 saturated heterocycles. The first-order valence-corrected chi connectivity index (χ1v) is 7.98. The van der Waals surface area contributed by atoms with E-state index < -0.39 is 5.91 Å². The highest BCUT2D eigenvalue weighted by atomic mass is 16.5. The number of para-hydroxylation sites is 1. The van der Waals surface area contributed by atoms with Gasteiger partial charge in [0.1, 0.15) is 12.4 Å². The van der Waals surface area contributed by atoms with Gasteiger partial charge in [0.25, 0.3) is 11.8 Å². The minimum atomic E-state index is -0.556. The molecular weight excluding hydrogens is 330 g/mol. The number of H-pyrrole nitrogens is 1. The summed E-state index contributed by atoms with van der Waals surface area (Å²) in [7, 11) is 0. The Labute approximate surface area is 150 Å². The molecule has 0 aliphatic rings. The van der Waals surface area contributed by atoms with Crippen molar-refractivity contribution in [3.63, 3.8) is 0 Å². The number of carbonyl (C=O) groups excluding carboxylic acids is 2. The molecule has 0 unspecified atom stereocenters. The highest BCUT2D eigenvalue weighted by Crippen LogP contribution is 2.16. The first-order chi connectivity index (χ1) is 12.6. The van der Waals surface area contributed by atoms with Crippen LogP contribution in [0.4, 0.5) is 0 Å². The molecule has 3 rings (SSSR count). The number of aromatic amines is 1. The van der Waals surface area contributed by atoms with Crippen molar-refractivity contribution in [3.05, 3.63) is 65.9 Å². The normalized spacial score (nSPS) is 10.0. The number of hydrogen-bond acceptors (Lipinski definition) is 3. The molecule has 4 N–H and O–H groups in total. The molecule has 0 spiro atoms. The van der Waals surface area contributed by atoms with E-state index in [1.165, 1.54) is 0 Å². The number of hydrogen-bond donors (Lipinski definition) is 3. The number of amides is 2. The zero-order valence-corrected chi connectivity index (χ0v) is 13.9. The highest BCUT2D eigenvalue weighted by molar-refractivity contribution is 5.98. The van der Waals surface area contributed by atoms with Crippen molar-refractivity contribution in [2.45, 2.75) is 0 Å². The third-order valence-corrected chi connectivity index (χ3v) is 3.73. The second-order valence-corrected chi connectivity index (χ2v) is 5.47. The summed E-state index contributed by atoms with van der Waals surface area (Å²) in [6, 6.07) is 14.1. The molecule has 0 fully saturated rings. The van der Waals surface area contributed by atoms with Crippen molar-refractivity contribution in [2.24, 2.45) is 5.73 Å². The van der Waals surface area contributed by atoms with Gasteiger partial charge in [0, 0.05) is 17.3 Å². The zero-order valence-electron chi connectivity index (χ0n) is 13.9. The number of nitrogens with two attached hydrogens (primary N) is 1. The summed E-state index contributed by atoms with van der Waals surface area (Å²) in [6.07, 6.45) is 1.83. The molecular formula is C20H17N3O3. The molecule has 0 aliphatic heterocycles. The van der Waals surface area contributed by atoms with Gasteiger partial charge in [-0.25, -0.2) is 0 Å². The summed E-state index contributed by atoms with van der Waals surface area (Å²) in [5, 5.41) is 3.78. The van der Waals surface area contributed by atoms with Crippen LogP contribution >= 0.6 is 0 Å². The van der Waals surface area contributed by atoms with Crippen molar-refractivity contribution >= 4 is 22.7 Å². The lowest BCUT2D eigenvalue weighted by Gasteiger charge is -2.05. The van der Waals surface area contributed by atoms with Crippen molar-refractivity contribution < 1.29 is 14.3 Å². The molecule has 1 heterocycles. The van der Waals surface area contributed by atoms with E-state index >= 15 is 0 Å². The first-order valence-electron chi connectivity index (χ1n) is 7.98. The largest absolute Gasteiger partial charge is 0.480 e. The molecule has 26 heavy (non-hydrogen) atoms. The SMILES string of the molecule is NC(=O)c1ccccc1OCC#CCNC(=O)c1ccc2cc[nH]c2c1. The third-order valence-electron chi connectivity index (χ3n) is 3.73. The molecule has 130 valence electrons. The molecule has 1 aromatic heterocycles. The van der Waals surface area contributed by atoms with Crippen LogP contribution in [0.5, 0.6) is 5.75 Å². The number of aromatic nitrogens is 1. The van der Waals surface area contributed by atoms with Crippen molar-refractivity contribution in [1.29, 1.82) is 0 Å². The molecule has 2 amide bonds. The number of ether oxygens (including phenoxy) is 1. The fourth-order valence-corrected chi connectivity index (χ4v) is 2.44. The summed E-state index contributed by atoms with van der Waals surface area (Å²) in [6.45, 7) is 0.289. The number of benzene rings is 2. The minimum Gasteiger partial charge on any atom is -0.480 e. The molecule has 6 nitrogen and oxygen atoms in total. The van der Waals surface area contributed by atoms with Crippen LogP contribution in [0, 0.1) is 11.8 Å². The van der Waals surface area contributed by atoms with Crippen LogP contribution in [0.25, 0.3) is 10.9 Å². The quantitative estimate of drug-likeness (QED) is 0.616. The Balaban J connectivity index is 1.50. The van der Waals surface area contributed by atoms with Gasteiger partial charge in [-0.1, -0.05) is 30.0 Å². The smallest absolute Gasteiger partial charge is 0.252 e. The van der Waals surface area contributed by atoms with Gasteiger partial charge in [-0.15, -0.1) is 0 Å². The van der Waals surface area contributed by atoms with Crippen LogP contribution < -0.4 is 15.8 Å². The third kappa shape index (κ3) is 4.02. The lowest BCUT2D eigenvalue weighted by molar-refractivity contribution is 0.0957. The molecule has 0 bridgehead atoms. The van der Waals surface area contributed by atoms with Gasteiger partial charge in [-0.05, 0) is 35.7 Å². The summed E-state index contributed by atoms with van der Waals surface area (Å²) in [5.41, 5.74) is 7.06. The lowest BCUT2D eigenvalue weighted by atomic mass is 10.1. The van der Waals surface area contributed by atoms with Crippen LogP contribution in [0.15, 0.2) is 54.7 Å². The van der Waals surface area contributed by atoms with E-state index in [-0.39, 0.29) is 19.1 Å². The molecule has 0 saturated carbocycles. The Hall–Kier alpha value is -3.72. The van der Waals surface area contributed by atoms with Gasteiger partial charge in [-0.2, -0.15) is 0 Å². The van der Waals surface area contributed by atoms with Gasteiger partial charge >= 0.3 is 0 Å². The average Bonchev–Trinajstić information content (AvgIpc) is 3.12. The van der Waals surface area contributed by atoms with Crippen LogP contribution in [-0.4, -0.2) is 29.9 Å². The van der Waals surface area contributed by atoms with Crippen LogP contribution in [0.1, 0.15) is 20.7 Å². The molecule has 6 heteroatoms. The van der Waals surface area contributed by atoms with Gasteiger partial charge in [0.15, 0.2) is 0 Å². The average molecular weight is 347 g/mol. The zero-order chi connectivity index (χ0) is 18.4. The van der Waals surface area contributed by atoms with E-state index in [1.54, 1.807) is 36.4 Å². The predicted molar refractivity (Wildman–Crippen MR) is 98.9 cm³/mol. The first kappa shape index (κ1) is 17.1. The number of carbonyl (C=O) groups is 2. The molecule has 0 atom stereocenters. The van der Waals surface area contributed by atoms with E-state index in [0.29, 0.717) is 16.9 Å². The van der Waals surface area contributed by atoms with E-state index in [4.69, 9.17) is 10.5 Å². The Bertz CT molecular complexity index is 1010. The Morgan fingerprint density at radius 2 is 1.96 bits per heavy atom. The predicted octanol–water partition coefficient (Wildman–Crippen LogP) is 2.08. The molecule has 0 radical (unpaired) electrons. The Morgan fingerprint density at radius 1 is 1.12 bits per heavy atom. The summed E-state index contributed by atoms with van der Waals surface area (Å²) < 4.78 is 5.44. The highest BCUT2D eigenvalue weighted by Gasteiger charge is 2.07. The second-order valence-electron chi connectivity index (χ2n) is 5.47. The van der Waals surface area contributed by atoms with Crippen molar-refractivity contribution in [1.82, 2.24) is 10.3 Å². The molecule has 3 aromatic rings. The van der Waals surface area contributed by atoms with Gasteiger partial charge in [0.05, 0.1) is 12.1 Å². The summed E-state index contributed by atoms with van der Waals surface area (Å²) in [5.74, 6) is 5.23. The molecule has 2 aromatic carbocycles. The van der Waals surface area contributed by atoms with Crippen LogP contribution in [0.3, 0.4) is 0 Å². The van der Waals surface area contributed by atoms with Gasteiger partial charge in [-0.3, -0.25) is 9.59 Å². The van der Waals surface area contributed by atoms with Gasteiger partial charge in [0.2, 0.25) is 0 Å².